The summed E-state index contributed by atoms with van der Waals surface area (Å²) >= 11 is 3.36. The molecule has 0 saturated heterocycles. The molecule has 0 saturated carbocycles. The summed E-state index contributed by atoms with van der Waals surface area (Å²) < 4.78 is 5.83. The highest BCUT2D eigenvalue weighted by Gasteiger charge is 2.14. The number of hydrogen-bond donors (Lipinski definition) is 2. The van der Waals surface area contributed by atoms with Crippen LogP contribution >= 0.6 is 15.9 Å². The average molecular weight is 335 g/mol. The number of rotatable bonds is 3. The van der Waals surface area contributed by atoms with Gasteiger partial charge in [0.05, 0.1) is 24.0 Å². The topological polar surface area (TPSA) is 64.3 Å². The number of halogens is 1. The van der Waals surface area contributed by atoms with E-state index < -0.39 is 0 Å². The van der Waals surface area contributed by atoms with Crippen LogP contribution in [-0.2, 0) is 0 Å². The number of nitrogens with two attached hydrogens (primary N) is 1. The number of carbonyl (C=O) groups excluding carboxylic acids is 1. The van der Waals surface area contributed by atoms with E-state index in [1.54, 1.807) is 31.4 Å². The lowest BCUT2D eigenvalue weighted by atomic mass is 10.1. The van der Waals surface area contributed by atoms with E-state index in [9.17, 15) is 4.79 Å². The van der Waals surface area contributed by atoms with Gasteiger partial charge in [-0.2, -0.15) is 0 Å². The minimum Gasteiger partial charge on any atom is -0.497 e. The first-order valence-electron chi connectivity index (χ1n) is 6.03. The van der Waals surface area contributed by atoms with Gasteiger partial charge in [-0.1, -0.05) is 12.1 Å². The van der Waals surface area contributed by atoms with Crippen LogP contribution in [0.3, 0.4) is 0 Å². The Labute approximate surface area is 126 Å². The summed E-state index contributed by atoms with van der Waals surface area (Å²) in [6, 6.07) is 10.7. The quantitative estimate of drug-likeness (QED) is 0.843. The van der Waals surface area contributed by atoms with E-state index in [1.807, 2.05) is 19.1 Å². The number of methoxy groups -OCH3 is 1. The van der Waals surface area contributed by atoms with Crippen LogP contribution in [0.25, 0.3) is 0 Å². The zero-order valence-corrected chi connectivity index (χ0v) is 12.8. The van der Waals surface area contributed by atoms with Gasteiger partial charge in [0.25, 0.3) is 5.91 Å². The Bertz CT molecular complexity index is 636. The van der Waals surface area contributed by atoms with E-state index in [0.29, 0.717) is 27.2 Å². The smallest absolute Gasteiger partial charge is 0.257 e. The normalized spacial score (nSPS) is 10.2. The second-order valence-electron chi connectivity index (χ2n) is 4.34. The molecule has 20 heavy (non-hydrogen) atoms. The summed E-state index contributed by atoms with van der Waals surface area (Å²) in [6.07, 6.45) is 0. The predicted molar refractivity (Wildman–Crippen MR) is 84.2 cm³/mol. The maximum absolute atomic E-state index is 12.4. The Balaban J connectivity index is 2.33. The number of nitrogens with one attached hydrogen (secondary N) is 1. The average Bonchev–Trinajstić information content (AvgIpc) is 2.43. The van der Waals surface area contributed by atoms with Gasteiger partial charge in [0.15, 0.2) is 0 Å². The summed E-state index contributed by atoms with van der Waals surface area (Å²) in [5, 5.41) is 2.84. The third-order valence-corrected chi connectivity index (χ3v) is 3.65. The number of carbonyl (C=O) groups is 1. The lowest BCUT2D eigenvalue weighted by molar-refractivity contribution is 0.102. The number of benzene rings is 2. The van der Waals surface area contributed by atoms with Crippen molar-refractivity contribution in [1.82, 2.24) is 0 Å². The molecule has 0 bridgehead atoms. The van der Waals surface area contributed by atoms with Gasteiger partial charge in [-0.3, -0.25) is 4.79 Å². The molecule has 0 aliphatic rings. The van der Waals surface area contributed by atoms with Crippen LogP contribution in [0.5, 0.6) is 5.75 Å². The molecule has 4 nitrogen and oxygen atoms in total. The Morgan fingerprint density at radius 2 is 2.05 bits per heavy atom. The first kappa shape index (κ1) is 14.4. The molecule has 2 aromatic carbocycles. The first-order valence-corrected chi connectivity index (χ1v) is 6.82. The molecule has 0 atom stereocenters. The molecule has 0 radical (unpaired) electrons. The third-order valence-electron chi connectivity index (χ3n) is 2.96. The zero-order valence-electron chi connectivity index (χ0n) is 11.2. The summed E-state index contributed by atoms with van der Waals surface area (Å²) in [7, 11) is 1.56. The standard InChI is InChI=1S/C15H15BrN2O2/c1-9-4-3-5-13(17)14(9)18-15(19)11-8-10(20-2)6-7-12(11)16/h3-8H,17H2,1-2H3,(H,18,19). The molecule has 0 spiro atoms. The maximum Gasteiger partial charge on any atom is 0.257 e. The summed E-state index contributed by atoms with van der Waals surface area (Å²) in [5.74, 6) is 0.382. The highest BCUT2D eigenvalue weighted by molar-refractivity contribution is 9.10. The molecule has 3 N–H and O–H groups in total. The molecule has 1 amide bonds. The number of ether oxygens (including phenoxy) is 1. The van der Waals surface area contributed by atoms with E-state index in [4.69, 9.17) is 10.5 Å². The van der Waals surface area contributed by atoms with Crippen molar-refractivity contribution < 1.29 is 9.53 Å². The number of aryl methyl sites for hydroxylation is 1. The fraction of sp³-hybridized carbons (Fsp3) is 0.133. The molecule has 0 unspecified atom stereocenters. The van der Waals surface area contributed by atoms with Crippen LogP contribution in [0.15, 0.2) is 40.9 Å². The van der Waals surface area contributed by atoms with Gasteiger partial charge in [-0.15, -0.1) is 0 Å². The molecule has 0 heterocycles. The minimum absolute atomic E-state index is 0.239. The fourth-order valence-corrected chi connectivity index (χ4v) is 2.27. The predicted octanol–water partition coefficient (Wildman–Crippen LogP) is 3.60. The van der Waals surface area contributed by atoms with Crippen molar-refractivity contribution in [3.63, 3.8) is 0 Å². The van der Waals surface area contributed by atoms with Crippen LogP contribution in [0.1, 0.15) is 15.9 Å². The monoisotopic (exact) mass is 334 g/mol. The lowest BCUT2D eigenvalue weighted by Gasteiger charge is -2.12. The summed E-state index contributed by atoms with van der Waals surface area (Å²) in [5.41, 5.74) is 8.47. The molecule has 2 aromatic rings. The van der Waals surface area contributed by atoms with Crippen molar-refractivity contribution in [1.29, 1.82) is 0 Å². The fourth-order valence-electron chi connectivity index (χ4n) is 1.85. The molecule has 0 aliphatic carbocycles. The largest absolute Gasteiger partial charge is 0.497 e. The second kappa shape index (κ2) is 5.96. The number of hydrogen-bond acceptors (Lipinski definition) is 3. The Morgan fingerprint density at radius 3 is 2.70 bits per heavy atom. The number of para-hydroxylation sites is 1. The van der Waals surface area contributed by atoms with Crippen molar-refractivity contribution in [2.45, 2.75) is 6.92 Å². The van der Waals surface area contributed by atoms with Crippen molar-refractivity contribution in [3.05, 3.63) is 52.0 Å². The maximum atomic E-state index is 12.4. The molecule has 104 valence electrons. The molecule has 2 rings (SSSR count). The van der Waals surface area contributed by atoms with Crippen molar-refractivity contribution in [3.8, 4) is 5.75 Å². The van der Waals surface area contributed by atoms with Crippen LogP contribution in [0.2, 0.25) is 0 Å². The van der Waals surface area contributed by atoms with Crippen molar-refractivity contribution in [2.24, 2.45) is 0 Å². The number of nitrogen functional groups attached to an aromatic ring is 1. The van der Waals surface area contributed by atoms with Gasteiger partial charge in [0, 0.05) is 4.47 Å². The zero-order chi connectivity index (χ0) is 14.7. The third kappa shape index (κ3) is 2.93. The highest BCUT2D eigenvalue weighted by atomic mass is 79.9. The number of amides is 1. The van der Waals surface area contributed by atoms with Crippen LogP contribution in [0.4, 0.5) is 11.4 Å². The van der Waals surface area contributed by atoms with Crippen LogP contribution in [-0.4, -0.2) is 13.0 Å². The first-order chi connectivity index (χ1) is 9.52. The molecule has 0 fully saturated rings. The Kier molecular flexibility index (Phi) is 4.29. The van der Waals surface area contributed by atoms with Crippen LogP contribution in [0, 0.1) is 6.92 Å². The van der Waals surface area contributed by atoms with Gasteiger partial charge in [0.2, 0.25) is 0 Å². The van der Waals surface area contributed by atoms with Crippen molar-refractivity contribution in [2.75, 3.05) is 18.2 Å². The SMILES string of the molecule is COc1ccc(Br)c(C(=O)Nc2c(C)cccc2N)c1. The second-order valence-corrected chi connectivity index (χ2v) is 5.19. The van der Waals surface area contributed by atoms with E-state index in [-0.39, 0.29) is 5.91 Å². The highest BCUT2D eigenvalue weighted by Crippen LogP contribution is 2.26. The molecule has 5 heteroatoms. The van der Waals surface area contributed by atoms with Gasteiger partial charge in [-0.05, 0) is 52.7 Å². The van der Waals surface area contributed by atoms with Crippen LogP contribution < -0.4 is 15.8 Å². The van der Waals surface area contributed by atoms with Crippen molar-refractivity contribution >= 4 is 33.2 Å². The minimum atomic E-state index is -0.239. The summed E-state index contributed by atoms with van der Waals surface area (Å²) in [4.78, 5) is 12.4. The van der Waals surface area contributed by atoms with Gasteiger partial charge < -0.3 is 15.8 Å². The van der Waals surface area contributed by atoms with Gasteiger partial charge in [-0.25, -0.2) is 0 Å². The molecule has 0 aliphatic heterocycles. The molecular formula is C15H15BrN2O2. The van der Waals surface area contributed by atoms with E-state index in [2.05, 4.69) is 21.2 Å². The molecule has 0 aromatic heterocycles. The molecular weight excluding hydrogens is 320 g/mol. The Hall–Kier alpha value is -2.01. The Morgan fingerprint density at radius 1 is 1.30 bits per heavy atom. The number of anilines is 2. The van der Waals surface area contributed by atoms with E-state index in [1.165, 1.54) is 0 Å². The van der Waals surface area contributed by atoms with E-state index in [0.717, 1.165) is 5.56 Å². The lowest BCUT2D eigenvalue weighted by Crippen LogP contribution is -2.15. The van der Waals surface area contributed by atoms with E-state index >= 15 is 0 Å². The van der Waals surface area contributed by atoms with Gasteiger partial charge in [0.1, 0.15) is 5.75 Å². The summed E-state index contributed by atoms with van der Waals surface area (Å²) in [6.45, 7) is 1.90. The van der Waals surface area contributed by atoms with Gasteiger partial charge >= 0.3 is 0 Å².